The van der Waals surface area contributed by atoms with Gasteiger partial charge in [0.25, 0.3) is 0 Å². The van der Waals surface area contributed by atoms with Crippen molar-refractivity contribution in [2.75, 3.05) is 5.32 Å². The highest BCUT2D eigenvalue weighted by Gasteiger charge is 2.39. The summed E-state index contributed by atoms with van der Waals surface area (Å²) >= 11 is 12.4. The Hall–Kier alpha value is -1.85. The van der Waals surface area contributed by atoms with Crippen LogP contribution < -0.4 is 10.1 Å². The zero-order valence-corrected chi connectivity index (χ0v) is 14.9. The second kappa shape index (κ2) is 6.39. The van der Waals surface area contributed by atoms with E-state index in [0.717, 1.165) is 23.2 Å². The summed E-state index contributed by atoms with van der Waals surface area (Å²) in [6.07, 6.45) is 0.199. The lowest BCUT2D eigenvalue weighted by molar-refractivity contribution is -0.274. The van der Waals surface area contributed by atoms with Crippen molar-refractivity contribution in [3.63, 3.8) is 0 Å². The fourth-order valence-corrected chi connectivity index (χ4v) is 4.36. The fourth-order valence-electron chi connectivity index (χ4n) is 3.83. The van der Waals surface area contributed by atoms with Crippen molar-refractivity contribution >= 4 is 28.9 Å². The summed E-state index contributed by atoms with van der Waals surface area (Å²) in [7, 11) is 0. The lowest BCUT2D eigenvalue weighted by atomic mass is 9.77. The van der Waals surface area contributed by atoms with Crippen LogP contribution in [-0.4, -0.2) is 6.36 Å². The minimum Gasteiger partial charge on any atom is -0.406 e. The first kappa shape index (κ1) is 17.6. The molecule has 1 aliphatic heterocycles. The van der Waals surface area contributed by atoms with Crippen LogP contribution >= 0.6 is 23.2 Å². The second-order valence-corrected chi connectivity index (χ2v) is 7.28. The van der Waals surface area contributed by atoms with Crippen LogP contribution in [0, 0.1) is 5.92 Å². The van der Waals surface area contributed by atoms with Crippen molar-refractivity contribution in [2.45, 2.75) is 24.7 Å². The monoisotopic (exact) mass is 399 g/mol. The summed E-state index contributed by atoms with van der Waals surface area (Å²) in [5.74, 6) is -0.0536. The van der Waals surface area contributed by atoms with Gasteiger partial charge in [-0.1, -0.05) is 41.4 Å². The summed E-state index contributed by atoms with van der Waals surface area (Å²) in [5, 5.41) is 4.56. The van der Waals surface area contributed by atoms with Gasteiger partial charge < -0.3 is 10.1 Å². The Morgan fingerprint density at radius 3 is 2.58 bits per heavy atom. The fraction of sp³-hybridized carbons (Fsp3) is 0.263. The summed E-state index contributed by atoms with van der Waals surface area (Å²) < 4.78 is 41.6. The van der Waals surface area contributed by atoms with Gasteiger partial charge in [-0.05, 0) is 53.8 Å². The van der Waals surface area contributed by atoms with Gasteiger partial charge in [0, 0.05) is 21.7 Å². The largest absolute Gasteiger partial charge is 0.573 e. The Morgan fingerprint density at radius 1 is 1.04 bits per heavy atom. The van der Waals surface area contributed by atoms with Crippen LogP contribution in [0.25, 0.3) is 0 Å². The van der Waals surface area contributed by atoms with Crippen LogP contribution in [0.1, 0.15) is 29.5 Å². The molecule has 2 aromatic carbocycles. The van der Waals surface area contributed by atoms with Crippen molar-refractivity contribution in [3.05, 3.63) is 69.7 Å². The molecule has 1 aliphatic carbocycles. The molecule has 7 heteroatoms. The number of hydrogen-bond donors (Lipinski definition) is 1. The van der Waals surface area contributed by atoms with Gasteiger partial charge in [0.1, 0.15) is 5.75 Å². The number of alkyl halides is 3. The molecule has 2 nitrogen and oxygen atoms in total. The molecule has 0 unspecified atom stereocenters. The number of nitrogens with one attached hydrogen (secondary N) is 1. The number of anilines is 1. The molecule has 1 N–H and O–H groups in total. The Morgan fingerprint density at radius 2 is 1.85 bits per heavy atom. The van der Waals surface area contributed by atoms with Crippen LogP contribution in [0.3, 0.4) is 0 Å². The summed E-state index contributed by atoms with van der Waals surface area (Å²) in [5.41, 5.74) is 2.51. The van der Waals surface area contributed by atoms with Crippen molar-refractivity contribution in [1.29, 1.82) is 0 Å². The topological polar surface area (TPSA) is 21.3 Å². The van der Waals surface area contributed by atoms with E-state index in [2.05, 4.69) is 16.1 Å². The Kier molecular flexibility index (Phi) is 4.32. The van der Waals surface area contributed by atoms with Crippen LogP contribution in [0.4, 0.5) is 18.9 Å². The van der Waals surface area contributed by atoms with E-state index in [9.17, 15) is 13.2 Å². The number of benzene rings is 2. The Bertz CT molecular complexity index is 882. The van der Waals surface area contributed by atoms with Gasteiger partial charge in [-0.3, -0.25) is 0 Å². The van der Waals surface area contributed by atoms with Crippen molar-refractivity contribution < 1.29 is 17.9 Å². The first-order valence-corrected chi connectivity index (χ1v) is 8.85. The highest BCUT2D eigenvalue weighted by atomic mass is 35.5. The number of ether oxygens (including phenoxy) is 1. The number of fused-ring (bicyclic) bond motifs is 3. The molecule has 0 saturated carbocycles. The predicted molar refractivity (Wildman–Crippen MR) is 95.9 cm³/mol. The maximum absolute atomic E-state index is 12.5. The van der Waals surface area contributed by atoms with Gasteiger partial charge in [0.15, 0.2) is 0 Å². The van der Waals surface area contributed by atoms with Crippen LogP contribution in [0.2, 0.25) is 10.0 Å². The molecule has 4 rings (SSSR count). The molecule has 3 atom stereocenters. The van der Waals surface area contributed by atoms with Crippen LogP contribution in [-0.2, 0) is 0 Å². The summed E-state index contributed by atoms with van der Waals surface area (Å²) in [4.78, 5) is 0. The molecule has 0 bridgehead atoms. The van der Waals surface area contributed by atoms with Gasteiger partial charge in [-0.15, -0.1) is 13.2 Å². The van der Waals surface area contributed by atoms with E-state index in [1.54, 1.807) is 18.2 Å². The number of hydrogen-bond acceptors (Lipinski definition) is 2. The molecule has 0 spiro atoms. The zero-order valence-electron chi connectivity index (χ0n) is 13.4. The van der Waals surface area contributed by atoms with Crippen molar-refractivity contribution in [1.82, 2.24) is 0 Å². The van der Waals surface area contributed by atoms with Crippen LogP contribution in [0.5, 0.6) is 5.75 Å². The first-order chi connectivity index (χ1) is 12.3. The standard InChI is InChI=1S/C19H14Cl2F3NO/c20-10-4-6-14(16(21)8-10)18-13-3-1-2-12(13)15-9-11(26-19(22,23)24)5-7-17(15)25-18/h1-2,4-9,12-13,18,25H,3H2/t12-,13+,18-/m1/s1. The van der Waals surface area contributed by atoms with E-state index in [0.29, 0.717) is 10.0 Å². The zero-order chi connectivity index (χ0) is 18.5. The van der Waals surface area contributed by atoms with Gasteiger partial charge in [-0.2, -0.15) is 0 Å². The van der Waals surface area contributed by atoms with Gasteiger partial charge in [0.2, 0.25) is 0 Å². The second-order valence-electron chi connectivity index (χ2n) is 6.44. The van der Waals surface area contributed by atoms with E-state index in [1.807, 2.05) is 12.1 Å². The average molecular weight is 400 g/mol. The third-order valence-corrected chi connectivity index (χ3v) is 5.43. The minimum absolute atomic E-state index is 0.000205. The lowest BCUT2D eigenvalue weighted by Gasteiger charge is -2.38. The van der Waals surface area contributed by atoms with Crippen LogP contribution in [0.15, 0.2) is 48.6 Å². The summed E-state index contributed by atoms with van der Waals surface area (Å²) in [6.45, 7) is 0. The highest BCUT2D eigenvalue weighted by Crippen LogP contribution is 2.51. The highest BCUT2D eigenvalue weighted by molar-refractivity contribution is 6.35. The molecular formula is C19H14Cl2F3NO. The van der Waals surface area contributed by atoms with E-state index >= 15 is 0 Å². The third kappa shape index (κ3) is 3.26. The molecule has 2 aromatic rings. The average Bonchev–Trinajstić information content (AvgIpc) is 3.03. The van der Waals surface area contributed by atoms with Gasteiger partial charge in [-0.25, -0.2) is 0 Å². The number of allylic oxidation sites excluding steroid dienone is 2. The molecule has 0 amide bonds. The molecular weight excluding hydrogens is 386 g/mol. The summed E-state index contributed by atoms with van der Waals surface area (Å²) in [6, 6.07) is 9.73. The van der Waals surface area contributed by atoms with Gasteiger partial charge >= 0.3 is 6.36 Å². The lowest BCUT2D eigenvalue weighted by Crippen LogP contribution is -2.29. The predicted octanol–water partition coefficient (Wildman–Crippen LogP) is 6.72. The Balaban J connectivity index is 1.72. The quantitative estimate of drug-likeness (QED) is 0.565. The van der Waals surface area contributed by atoms with E-state index in [1.165, 1.54) is 12.1 Å². The maximum atomic E-state index is 12.5. The number of halogens is 5. The smallest absolute Gasteiger partial charge is 0.406 e. The first-order valence-electron chi connectivity index (χ1n) is 8.10. The normalized spacial score (nSPS) is 24.0. The van der Waals surface area contributed by atoms with E-state index < -0.39 is 6.36 Å². The van der Waals surface area contributed by atoms with E-state index in [4.69, 9.17) is 23.2 Å². The molecule has 2 aliphatic rings. The number of rotatable bonds is 2. The molecule has 0 saturated heterocycles. The van der Waals surface area contributed by atoms with E-state index in [-0.39, 0.29) is 23.6 Å². The molecule has 1 heterocycles. The molecule has 0 fully saturated rings. The maximum Gasteiger partial charge on any atom is 0.573 e. The van der Waals surface area contributed by atoms with Gasteiger partial charge in [0.05, 0.1) is 6.04 Å². The molecule has 136 valence electrons. The van der Waals surface area contributed by atoms with Crippen molar-refractivity contribution in [3.8, 4) is 5.75 Å². The minimum atomic E-state index is -4.71. The Labute approximate surface area is 158 Å². The molecule has 26 heavy (non-hydrogen) atoms. The van der Waals surface area contributed by atoms with Crippen molar-refractivity contribution in [2.24, 2.45) is 5.92 Å². The SMILES string of the molecule is FC(F)(F)Oc1ccc2c(c1)[C@@H]1C=CC[C@@H]1[C@H](c1ccc(Cl)cc1Cl)N2. The molecule has 0 radical (unpaired) electrons. The third-order valence-electron chi connectivity index (χ3n) is 4.87. The molecule has 0 aromatic heterocycles.